The van der Waals surface area contributed by atoms with Gasteiger partial charge < -0.3 is 0 Å². The van der Waals surface area contributed by atoms with Crippen molar-refractivity contribution in [2.75, 3.05) is 6.54 Å². The van der Waals surface area contributed by atoms with Gasteiger partial charge in [0.05, 0.1) is 0 Å². The van der Waals surface area contributed by atoms with Gasteiger partial charge >= 0.3 is 0 Å². The average Bonchev–Trinajstić information content (AvgIpc) is 3.22. The van der Waals surface area contributed by atoms with Crippen molar-refractivity contribution in [1.29, 1.82) is 0 Å². The molecule has 0 amide bonds. The Balaban J connectivity index is 1.37. The predicted molar refractivity (Wildman–Crippen MR) is 87.0 cm³/mol. The number of likely N-dealkylation sites (tertiary alicyclic amines) is 1. The largest absolute Gasteiger partial charge is 0.297 e. The summed E-state index contributed by atoms with van der Waals surface area (Å²) in [6.07, 6.45) is 20.3. The Morgan fingerprint density at radius 1 is 0.762 bits per heavy atom. The molecule has 4 aliphatic carbocycles. The third kappa shape index (κ3) is 2.06. The fraction of sp³-hybridized carbons (Fsp3) is 0.900. The average molecular weight is 285 g/mol. The molecule has 0 N–H and O–H groups in total. The van der Waals surface area contributed by atoms with E-state index in [1.165, 1.54) is 57.9 Å². The zero-order valence-electron chi connectivity index (χ0n) is 13.4. The van der Waals surface area contributed by atoms with Crippen molar-refractivity contribution in [3.05, 3.63) is 12.2 Å². The fourth-order valence-electron chi connectivity index (χ4n) is 6.99. The van der Waals surface area contributed by atoms with Gasteiger partial charge in [0.15, 0.2) is 0 Å². The van der Waals surface area contributed by atoms with E-state index >= 15 is 0 Å². The van der Waals surface area contributed by atoms with Crippen LogP contribution in [-0.4, -0.2) is 23.5 Å². The third-order valence-electron chi connectivity index (χ3n) is 7.83. The van der Waals surface area contributed by atoms with E-state index in [0.717, 1.165) is 41.7 Å². The van der Waals surface area contributed by atoms with Crippen molar-refractivity contribution < 1.29 is 0 Å². The molecule has 4 fully saturated rings. The van der Waals surface area contributed by atoms with Crippen LogP contribution in [0, 0.1) is 29.6 Å². The lowest BCUT2D eigenvalue weighted by Gasteiger charge is -2.37. The summed E-state index contributed by atoms with van der Waals surface area (Å²) in [6, 6.07) is 1.96. The number of hydrogen-bond acceptors (Lipinski definition) is 1. The molecule has 2 bridgehead atoms. The second-order valence-corrected chi connectivity index (χ2v) is 8.77. The van der Waals surface area contributed by atoms with Crippen LogP contribution >= 0.6 is 0 Å². The van der Waals surface area contributed by atoms with Crippen LogP contribution in [0.5, 0.6) is 0 Å². The van der Waals surface area contributed by atoms with E-state index in [4.69, 9.17) is 0 Å². The summed E-state index contributed by atoms with van der Waals surface area (Å²) in [5.74, 6) is 5.06. The van der Waals surface area contributed by atoms with Crippen LogP contribution in [0.2, 0.25) is 0 Å². The molecule has 0 radical (unpaired) electrons. The highest BCUT2D eigenvalue weighted by atomic mass is 15.2. The van der Waals surface area contributed by atoms with Gasteiger partial charge in [-0.15, -0.1) is 0 Å². The van der Waals surface area contributed by atoms with Crippen molar-refractivity contribution in [3.63, 3.8) is 0 Å². The second kappa shape index (κ2) is 5.11. The Hall–Kier alpha value is -0.300. The highest BCUT2D eigenvalue weighted by molar-refractivity contribution is 5.12. The predicted octanol–water partition coefficient (Wildman–Crippen LogP) is 4.63. The lowest BCUT2D eigenvalue weighted by molar-refractivity contribution is 0.110. The van der Waals surface area contributed by atoms with Gasteiger partial charge in [0.1, 0.15) is 0 Å². The van der Waals surface area contributed by atoms with E-state index < -0.39 is 0 Å². The van der Waals surface area contributed by atoms with E-state index in [1.54, 1.807) is 12.8 Å². The van der Waals surface area contributed by atoms with Crippen molar-refractivity contribution in [2.24, 2.45) is 29.6 Å². The minimum Gasteiger partial charge on any atom is -0.297 e. The molecule has 7 unspecified atom stereocenters. The van der Waals surface area contributed by atoms with Gasteiger partial charge in [-0.3, -0.25) is 4.90 Å². The summed E-state index contributed by atoms with van der Waals surface area (Å²) in [5, 5.41) is 0. The van der Waals surface area contributed by atoms with Crippen molar-refractivity contribution >= 4 is 0 Å². The minimum absolute atomic E-state index is 0.944. The van der Waals surface area contributed by atoms with E-state index in [0.29, 0.717) is 0 Å². The van der Waals surface area contributed by atoms with Crippen LogP contribution in [-0.2, 0) is 0 Å². The standard InChI is InChI=1S/C20H31N/c1-3-7-19-17(5-1)18-6-2-4-8-20(18)21(19)13-16-12-14-9-10-15(16)11-14/h9-10,14-20H,1-8,11-13H2. The number of nitrogens with zero attached hydrogens (tertiary/aromatic N) is 1. The molecule has 1 heterocycles. The van der Waals surface area contributed by atoms with Gasteiger partial charge in [-0.2, -0.15) is 0 Å². The molecule has 116 valence electrons. The van der Waals surface area contributed by atoms with Crippen LogP contribution < -0.4 is 0 Å². The molecule has 0 aromatic rings. The summed E-state index contributed by atoms with van der Waals surface area (Å²) >= 11 is 0. The Kier molecular flexibility index (Phi) is 3.21. The minimum atomic E-state index is 0.944. The first-order chi connectivity index (χ1) is 10.4. The van der Waals surface area contributed by atoms with Crippen LogP contribution in [0.3, 0.4) is 0 Å². The smallest absolute Gasteiger partial charge is 0.0130 e. The summed E-state index contributed by atoms with van der Waals surface area (Å²) in [7, 11) is 0. The molecular weight excluding hydrogens is 254 g/mol. The highest BCUT2D eigenvalue weighted by Crippen LogP contribution is 2.51. The normalized spacial score (nSPS) is 52.1. The Labute approximate surface area is 130 Å². The molecule has 1 aliphatic heterocycles. The number of hydrogen-bond donors (Lipinski definition) is 0. The fourth-order valence-corrected chi connectivity index (χ4v) is 6.99. The molecule has 7 atom stereocenters. The lowest BCUT2D eigenvalue weighted by Crippen LogP contribution is -2.43. The molecular formula is C20H31N. The first-order valence-electron chi connectivity index (χ1n) is 9.84. The van der Waals surface area contributed by atoms with Crippen LogP contribution in [0.15, 0.2) is 12.2 Å². The maximum absolute atomic E-state index is 3.08. The molecule has 3 saturated carbocycles. The molecule has 1 nitrogen and oxygen atoms in total. The Bertz CT molecular complexity index is 406. The van der Waals surface area contributed by atoms with Crippen molar-refractivity contribution in [2.45, 2.75) is 76.3 Å². The molecule has 0 spiro atoms. The summed E-state index contributed by atoms with van der Waals surface area (Å²) < 4.78 is 0. The first kappa shape index (κ1) is 13.2. The second-order valence-electron chi connectivity index (χ2n) is 8.77. The van der Waals surface area contributed by atoms with Gasteiger partial charge in [-0.1, -0.05) is 37.8 Å². The molecule has 5 rings (SSSR count). The van der Waals surface area contributed by atoms with Gasteiger partial charge in [0.25, 0.3) is 0 Å². The van der Waals surface area contributed by atoms with Crippen LogP contribution in [0.4, 0.5) is 0 Å². The molecule has 1 saturated heterocycles. The quantitative estimate of drug-likeness (QED) is 0.669. The first-order valence-corrected chi connectivity index (χ1v) is 9.84. The van der Waals surface area contributed by atoms with Gasteiger partial charge in [0.2, 0.25) is 0 Å². The summed E-state index contributed by atoms with van der Waals surface area (Å²) in [4.78, 5) is 3.08. The monoisotopic (exact) mass is 285 g/mol. The number of allylic oxidation sites excluding steroid dienone is 2. The van der Waals surface area contributed by atoms with Crippen LogP contribution in [0.1, 0.15) is 64.2 Å². The maximum Gasteiger partial charge on any atom is 0.0130 e. The zero-order chi connectivity index (χ0) is 13.8. The van der Waals surface area contributed by atoms with E-state index in [1.807, 2.05) is 0 Å². The number of rotatable bonds is 2. The number of fused-ring (bicyclic) bond motifs is 5. The van der Waals surface area contributed by atoms with Gasteiger partial charge in [0, 0.05) is 18.6 Å². The van der Waals surface area contributed by atoms with Crippen molar-refractivity contribution in [1.82, 2.24) is 4.90 Å². The van der Waals surface area contributed by atoms with E-state index in [2.05, 4.69) is 17.1 Å². The Morgan fingerprint density at radius 2 is 1.43 bits per heavy atom. The molecule has 5 aliphatic rings. The Morgan fingerprint density at radius 3 is 2.00 bits per heavy atom. The van der Waals surface area contributed by atoms with E-state index in [-0.39, 0.29) is 0 Å². The maximum atomic E-state index is 3.08. The van der Waals surface area contributed by atoms with E-state index in [9.17, 15) is 0 Å². The van der Waals surface area contributed by atoms with Gasteiger partial charge in [-0.25, -0.2) is 0 Å². The van der Waals surface area contributed by atoms with Gasteiger partial charge in [-0.05, 0) is 68.1 Å². The highest BCUT2D eigenvalue weighted by Gasteiger charge is 2.50. The van der Waals surface area contributed by atoms with Crippen molar-refractivity contribution in [3.8, 4) is 0 Å². The lowest BCUT2D eigenvalue weighted by atomic mass is 9.73. The molecule has 0 aromatic heterocycles. The van der Waals surface area contributed by atoms with Crippen LogP contribution in [0.25, 0.3) is 0 Å². The molecule has 0 aromatic carbocycles. The molecule has 21 heavy (non-hydrogen) atoms. The topological polar surface area (TPSA) is 3.24 Å². The zero-order valence-corrected chi connectivity index (χ0v) is 13.4. The molecule has 1 heteroatoms. The third-order valence-corrected chi connectivity index (χ3v) is 7.83. The summed E-state index contributed by atoms with van der Waals surface area (Å²) in [5.41, 5.74) is 0. The SMILES string of the molecule is C1=CC2CC1CC2CN1C2CCCCC2C2CCCCC21. The summed E-state index contributed by atoms with van der Waals surface area (Å²) in [6.45, 7) is 1.45.